The number of hydrogen-bond acceptors (Lipinski definition) is 3. The summed E-state index contributed by atoms with van der Waals surface area (Å²) in [6.45, 7) is 6.42. The third kappa shape index (κ3) is 3.13. The molecule has 0 spiro atoms. The molecule has 2 aliphatic heterocycles. The van der Waals surface area contributed by atoms with E-state index >= 15 is 0 Å². The van der Waals surface area contributed by atoms with Gasteiger partial charge in [0.25, 0.3) is 0 Å². The lowest BCUT2D eigenvalue weighted by Gasteiger charge is -2.43. The number of amides is 1. The summed E-state index contributed by atoms with van der Waals surface area (Å²) in [5, 5.41) is 0. The lowest BCUT2D eigenvalue weighted by atomic mass is 9.91. The molecule has 1 amide bonds. The van der Waals surface area contributed by atoms with Gasteiger partial charge in [-0.25, -0.2) is 0 Å². The molecule has 4 heteroatoms. The van der Waals surface area contributed by atoms with Crippen molar-refractivity contribution in [3.63, 3.8) is 0 Å². The van der Waals surface area contributed by atoms with E-state index in [1.807, 2.05) is 0 Å². The Morgan fingerprint density at radius 1 is 0.846 bits per heavy atom. The van der Waals surface area contributed by atoms with E-state index in [0.717, 1.165) is 38.6 Å². The molecule has 4 aliphatic rings. The zero-order valence-corrected chi connectivity index (χ0v) is 15.8. The standard InChI is InChI=1S/C22H31N3O/c26-22(25-14-12-24(13-15-25)18-4-3-5-18)21-16-20(21)17-6-8-19(9-7-17)23-10-1-2-11-23/h6-9,18,20-21H,1-5,10-16H2/t20-,21+/m0/s1. The first-order chi connectivity index (χ1) is 12.8. The predicted octanol–water partition coefficient (Wildman–Crippen LogP) is 3.09. The van der Waals surface area contributed by atoms with E-state index in [-0.39, 0.29) is 5.92 Å². The van der Waals surface area contributed by atoms with Crippen molar-refractivity contribution in [1.82, 2.24) is 9.80 Å². The van der Waals surface area contributed by atoms with Gasteiger partial charge in [-0.15, -0.1) is 0 Å². The highest BCUT2D eigenvalue weighted by Gasteiger charge is 2.46. The Labute approximate surface area is 157 Å². The van der Waals surface area contributed by atoms with Gasteiger partial charge < -0.3 is 9.80 Å². The van der Waals surface area contributed by atoms with E-state index in [1.165, 1.54) is 56.4 Å². The summed E-state index contributed by atoms with van der Waals surface area (Å²) < 4.78 is 0. The Hall–Kier alpha value is -1.55. The number of rotatable bonds is 4. The van der Waals surface area contributed by atoms with Crippen LogP contribution in [0.25, 0.3) is 0 Å². The van der Waals surface area contributed by atoms with Gasteiger partial charge in [-0.1, -0.05) is 18.6 Å². The van der Waals surface area contributed by atoms with E-state index < -0.39 is 0 Å². The molecule has 2 aliphatic carbocycles. The maximum Gasteiger partial charge on any atom is 0.226 e. The Morgan fingerprint density at radius 2 is 1.54 bits per heavy atom. The van der Waals surface area contributed by atoms with Gasteiger partial charge in [-0.2, -0.15) is 0 Å². The van der Waals surface area contributed by atoms with Gasteiger partial charge in [-0.3, -0.25) is 9.69 Å². The van der Waals surface area contributed by atoms with Crippen LogP contribution in [-0.2, 0) is 4.79 Å². The SMILES string of the molecule is O=C([C@@H]1C[C@H]1c1ccc(N2CCCC2)cc1)N1CCN(C2CCC2)CC1. The molecule has 2 atom stereocenters. The van der Waals surface area contributed by atoms with Gasteiger partial charge >= 0.3 is 0 Å². The summed E-state index contributed by atoms with van der Waals surface area (Å²) in [5.74, 6) is 1.11. The van der Waals surface area contributed by atoms with Crippen molar-refractivity contribution in [1.29, 1.82) is 0 Å². The zero-order chi connectivity index (χ0) is 17.5. The molecule has 2 saturated carbocycles. The van der Waals surface area contributed by atoms with Crippen molar-refractivity contribution in [3.05, 3.63) is 29.8 Å². The third-order valence-corrected chi connectivity index (χ3v) is 7.12. The zero-order valence-electron chi connectivity index (χ0n) is 15.8. The van der Waals surface area contributed by atoms with Gasteiger partial charge in [0.05, 0.1) is 0 Å². The van der Waals surface area contributed by atoms with Crippen LogP contribution in [0.2, 0.25) is 0 Å². The van der Waals surface area contributed by atoms with Crippen molar-refractivity contribution < 1.29 is 4.79 Å². The average molecular weight is 354 g/mol. The Bertz CT molecular complexity index is 640. The highest BCUT2D eigenvalue weighted by Crippen LogP contribution is 2.49. The van der Waals surface area contributed by atoms with Gasteiger partial charge in [0.15, 0.2) is 0 Å². The molecule has 5 rings (SSSR count). The molecule has 0 bridgehead atoms. The Kier molecular flexibility index (Phi) is 4.39. The number of anilines is 1. The van der Waals surface area contributed by atoms with Crippen LogP contribution in [-0.4, -0.2) is 61.0 Å². The van der Waals surface area contributed by atoms with E-state index in [1.54, 1.807) is 0 Å². The molecule has 1 aromatic carbocycles. The number of carbonyl (C=O) groups is 1. The molecule has 140 valence electrons. The summed E-state index contributed by atoms with van der Waals surface area (Å²) in [5.41, 5.74) is 2.71. The third-order valence-electron chi connectivity index (χ3n) is 7.12. The van der Waals surface area contributed by atoms with E-state index in [2.05, 4.69) is 39.0 Å². The molecule has 0 N–H and O–H groups in total. The normalized spacial score (nSPS) is 29.7. The molecular weight excluding hydrogens is 322 g/mol. The second-order valence-corrected chi connectivity index (χ2v) is 8.68. The van der Waals surface area contributed by atoms with E-state index in [9.17, 15) is 4.79 Å². The monoisotopic (exact) mass is 353 g/mol. The van der Waals surface area contributed by atoms with Crippen molar-refractivity contribution in [3.8, 4) is 0 Å². The number of benzene rings is 1. The molecule has 2 heterocycles. The highest BCUT2D eigenvalue weighted by molar-refractivity contribution is 5.83. The fourth-order valence-corrected chi connectivity index (χ4v) is 5.04. The van der Waals surface area contributed by atoms with E-state index in [4.69, 9.17) is 0 Å². The lowest BCUT2D eigenvalue weighted by molar-refractivity contribution is -0.135. The smallest absolute Gasteiger partial charge is 0.226 e. The largest absolute Gasteiger partial charge is 0.372 e. The molecule has 2 saturated heterocycles. The second kappa shape index (κ2) is 6.88. The van der Waals surface area contributed by atoms with Crippen molar-refractivity contribution in [2.45, 2.75) is 50.5 Å². The van der Waals surface area contributed by atoms with Crippen molar-refractivity contribution >= 4 is 11.6 Å². The first-order valence-electron chi connectivity index (χ1n) is 10.7. The minimum atomic E-state index is 0.239. The van der Waals surface area contributed by atoms with Crippen LogP contribution < -0.4 is 4.90 Å². The first kappa shape index (κ1) is 16.6. The summed E-state index contributed by atoms with van der Waals surface area (Å²) in [6.07, 6.45) is 7.80. The second-order valence-electron chi connectivity index (χ2n) is 8.68. The van der Waals surface area contributed by atoms with E-state index in [0.29, 0.717) is 11.8 Å². The predicted molar refractivity (Wildman–Crippen MR) is 105 cm³/mol. The molecule has 0 aromatic heterocycles. The van der Waals surface area contributed by atoms with Gasteiger partial charge in [-0.05, 0) is 55.7 Å². The average Bonchev–Trinajstić information content (AvgIpc) is 3.25. The van der Waals surface area contributed by atoms with Gasteiger partial charge in [0.1, 0.15) is 0 Å². The molecule has 4 fully saturated rings. The van der Waals surface area contributed by atoms with Crippen LogP contribution in [0.15, 0.2) is 24.3 Å². The minimum absolute atomic E-state index is 0.239. The summed E-state index contributed by atoms with van der Waals surface area (Å²) in [4.78, 5) is 20.1. The Morgan fingerprint density at radius 3 is 2.15 bits per heavy atom. The molecule has 0 unspecified atom stereocenters. The van der Waals surface area contributed by atoms with Crippen LogP contribution in [0.5, 0.6) is 0 Å². The maximum absolute atomic E-state index is 12.9. The van der Waals surface area contributed by atoms with Crippen LogP contribution in [0.1, 0.15) is 50.0 Å². The molecule has 4 nitrogen and oxygen atoms in total. The molecule has 0 radical (unpaired) electrons. The van der Waals surface area contributed by atoms with Crippen LogP contribution >= 0.6 is 0 Å². The van der Waals surface area contributed by atoms with Gasteiger partial charge in [0, 0.05) is 56.9 Å². The molecular formula is C22H31N3O. The number of carbonyl (C=O) groups excluding carboxylic acids is 1. The fourth-order valence-electron chi connectivity index (χ4n) is 5.04. The topological polar surface area (TPSA) is 26.8 Å². The summed E-state index contributed by atoms with van der Waals surface area (Å²) in [7, 11) is 0. The number of nitrogens with zero attached hydrogens (tertiary/aromatic N) is 3. The Balaban J connectivity index is 1.15. The van der Waals surface area contributed by atoms with Gasteiger partial charge in [0.2, 0.25) is 5.91 Å². The van der Waals surface area contributed by atoms with Crippen LogP contribution in [0.4, 0.5) is 5.69 Å². The minimum Gasteiger partial charge on any atom is -0.372 e. The number of piperazine rings is 1. The van der Waals surface area contributed by atoms with Crippen LogP contribution in [0, 0.1) is 5.92 Å². The fraction of sp³-hybridized carbons (Fsp3) is 0.682. The summed E-state index contributed by atoms with van der Waals surface area (Å²) >= 11 is 0. The van der Waals surface area contributed by atoms with Crippen molar-refractivity contribution in [2.24, 2.45) is 5.92 Å². The van der Waals surface area contributed by atoms with Crippen molar-refractivity contribution in [2.75, 3.05) is 44.2 Å². The summed E-state index contributed by atoms with van der Waals surface area (Å²) in [6, 6.07) is 9.87. The van der Waals surface area contributed by atoms with Crippen LogP contribution in [0.3, 0.4) is 0 Å². The molecule has 1 aromatic rings. The lowest BCUT2D eigenvalue weighted by Crippen LogP contribution is -2.53. The molecule has 26 heavy (non-hydrogen) atoms. The quantitative estimate of drug-likeness (QED) is 0.832. The maximum atomic E-state index is 12.9. The highest BCUT2D eigenvalue weighted by atomic mass is 16.2. The number of hydrogen-bond donors (Lipinski definition) is 0. The first-order valence-corrected chi connectivity index (χ1v) is 10.7.